The van der Waals surface area contributed by atoms with Gasteiger partial charge < -0.3 is 20.4 Å². The zero-order chi connectivity index (χ0) is 13.5. The molecule has 3 N–H and O–H groups in total. The summed E-state index contributed by atoms with van der Waals surface area (Å²) in [5.41, 5.74) is 6.16. The minimum Gasteiger partial charge on any atom is -0.376 e. The highest BCUT2D eigenvalue weighted by Crippen LogP contribution is 2.41. The molecule has 2 fully saturated rings. The summed E-state index contributed by atoms with van der Waals surface area (Å²) in [6.07, 6.45) is 6.09. The summed E-state index contributed by atoms with van der Waals surface area (Å²) in [4.78, 5) is 20.4. The van der Waals surface area contributed by atoms with Crippen molar-refractivity contribution >= 4 is 5.82 Å². The molecule has 0 amide bonds. The van der Waals surface area contributed by atoms with Gasteiger partial charge in [-0.05, 0) is 19.8 Å². The molecule has 19 heavy (non-hydrogen) atoms. The SMILES string of the molecule is C[C@@H]1OCC2(CCN(c3nc[c][nH]c3=O)CC2)[C@@H]1N. The summed E-state index contributed by atoms with van der Waals surface area (Å²) < 4.78 is 5.69. The maximum Gasteiger partial charge on any atom is 0.291 e. The summed E-state index contributed by atoms with van der Waals surface area (Å²) in [5.74, 6) is 0.481. The van der Waals surface area contributed by atoms with Crippen molar-refractivity contribution in [3.8, 4) is 0 Å². The molecule has 0 unspecified atom stereocenters. The van der Waals surface area contributed by atoms with Crippen LogP contribution in [0.2, 0.25) is 0 Å². The number of piperidine rings is 1. The molecule has 2 aliphatic rings. The van der Waals surface area contributed by atoms with E-state index in [1.54, 1.807) is 0 Å². The highest BCUT2D eigenvalue weighted by molar-refractivity contribution is 5.36. The summed E-state index contributed by atoms with van der Waals surface area (Å²) >= 11 is 0. The molecule has 1 aromatic heterocycles. The molecule has 2 aliphatic heterocycles. The Kier molecular flexibility index (Phi) is 3.06. The number of H-pyrrole nitrogens is 1. The van der Waals surface area contributed by atoms with Crippen molar-refractivity contribution in [2.75, 3.05) is 24.6 Å². The third-order valence-corrected chi connectivity index (χ3v) is 4.55. The average molecular weight is 263 g/mol. The van der Waals surface area contributed by atoms with Gasteiger partial charge in [0.15, 0.2) is 5.82 Å². The number of aromatic amines is 1. The second kappa shape index (κ2) is 4.61. The average Bonchev–Trinajstić information content (AvgIpc) is 2.70. The molecule has 6 heteroatoms. The first kappa shape index (κ1) is 12.6. The van der Waals surface area contributed by atoms with Crippen molar-refractivity contribution in [1.82, 2.24) is 9.97 Å². The fourth-order valence-corrected chi connectivity index (χ4v) is 3.17. The van der Waals surface area contributed by atoms with Crippen LogP contribution in [0.4, 0.5) is 5.82 Å². The Morgan fingerprint density at radius 3 is 2.89 bits per heavy atom. The predicted octanol–water partition coefficient (Wildman–Crippen LogP) is -0.0973. The topological polar surface area (TPSA) is 84.2 Å². The molecule has 1 aromatic rings. The number of hydrogen-bond acceptors (Lipinski definition) is 5. The zero-order valence-electron chi connectivity index (χ0n) is 11.1. The molecule has 0 aliphatic carbocycles. The van der Waals surface area contributed by atoms with Crippen LogP contribution in [-0.2, 0) is 4.74 Å². The van der Waals surface area contributed by atoms with Gasteiger partial charge >= 0.3 is 0 Å². The van der Waals surface area contributed by atoms with E-state index in [4.69, 9.17) is 10.5 Å². The fourth-order valence-electron chi connectivity index (χ4n) is 3.17. The molecule has 2 atom stereocenters. The molecule has 0 saturated carbocycles. The Balaban J connectivity index is 1.74. The van der Waals surface area contributed by atoms with E-state index in [0.29, 0.717) is 5.82 Å². The Bertz CT molecular complexity index is 507. The smallest absolute Gasteiger partial charge is 0.291 e. The van der Waals surface area contributed by atoms with Gasteiger partial charge in [-0.25, -0.2) is 4.98 Å². The highest BCUT2D eigenvalue weighted by atomic mass is 16.5. The van der Waals surface area contributed by atoms with Crippen LogP contribution in [0.1, 0.15) is 19.8 Å². The minimum absolute atomic E-state index is 0.0730. The van der Waals surface area contributed by atoms with Gasteiger partial charge in [0.2, 0.25) is 0 Å². The molecular formula is C13H19N4O2. The molecule has 1 spiro atoms. The number of anilines is 1. The lowest BCUT2D eigenvalue weighted by Gasteiger charge is -2.41. The number of nitrogens with zero attached hydrogens (tertiary/aromatic N) is 2. The molecule has 6 nitrogen and oxygen atoms in total. The van der Waals surface area contributed by atoms with Gasteiger partial charge in [-0.15, -0.1) is 0 Å². The molecular weight excluding hydrogens is 244 g/mol. The molecule has 0 bridgehead atoms. The van der Waals surface area contributed by atoms with E-state index >= 15 is 0 Å². The van der Waals surface area contributed by atoms with Crippen LogP contribution in [-0.4, -0.2) is 41.8 Å². The number of hydrogen-bond donors (Lipinski definition) is 2. The van der Waals surface area contributed by atoms with Crippen LogP contribution in [0.3, 0.4) is 0 Å². The molecule has 103 valence electrons. The maximum atomic E-state index is 11.7. The molecule has 0 aromatic carbocycles. The summed E-state index contributed by atoms with van der Waals surface area (Å²) in [7, 11) is 0. The maximum absolute atomic E-state index is 11.7. The van der Waals surface area contributed by atoms with E-state index in [1.807, 2.05) is 11.8 Å². The van der Waals surface area contributed by atoms with Crippen molar-refractivity contribution < 1.29 is 4.74 Å². The van der Waals surface area contributed by atoms with Crippen molar-refractivity contribution in [1.29, 1.82) is 0 Å². The van der Waals surface area contributed by atoms with Crippen LogP contribution in [0.5, 0.6) is 0 Å². The van der Waals surface area contributed by atoms with Crippen LogP contribution in [0.25, 0.3) is 0 Å². The van der Waals surface area contributed by atoms with Crippen LogP contribution in [0.15, 0.2) is 11.0 Å². The zero-order valence-corrected chi connectivity index (χ0v) is 11.1. The lowest BCUT2D eigenvalue weighted by molar-refractivity contribution is 0.0974. The van der Waals surface area contributed by atoms with Crippen molar-refractivity contribution in [3.05, 3.63) is 22.7 Å². The van der Waals surface area contributed by atoms with E-state index < -0.39 is 0 Å². The van der Waals surface area contributed by atoms with Crippen LogP contribution in [0, 0.1) is 11.6 Å². The van der Waals surface area contributed by atoms with E-state index in [9.17, 15) is 4.79 Å². The second-order valence-electron chi connectivity index (χ2n) is 5.57. The number of aromatic nitrogens is 2. The number of ether oxygens (including phenoxy) is 1. The van der Waals surface area contributed by atoms with Crippen molar-refractivity contribution in [2.45, 2.75) is 31.9 Å². The normalized spacial score (nSPS) is 29.9. The fraction of sp³-hybridized carbons (Fsp3) is 0.692. The van der Waals surface area contributed by atoms with Gasteiger partial charge in [0.25, 0.3) is 5.56 Å². The first-order chi connectivity index (χ1) is 9.12. The quantitative estimate of drug-likeness (QED) is 0.739. The Hall–Kier alpha value is -1.40. The summed E-state index contributed by atoms with van der Waals surface area (Å²) in [6.45, 7) is 4.36. The minimum atomic E-state index is -0.182. The standard InChI is InChI=1S/C13H19N4O2/c1-9-10(14)13(8-19-9)2-6-17(7-3-13)11-12(18)16-5-4-15-11/h4,9-10H,2-3,6-8,14H2,1H3,(H,16,18)/t9-,10+/m0/s1. The first-order valence-electron chi connectivity index (χ1n) is 6.70. The van der Waals surface area contributed by atoms with E-state index in [0.717, 1.165) is 32.5 Å². The van der Waals surface area contributed by atoms with Crippen LogP contribution >= 0.6 is 0 Å². The van der Waals surface area contributed by atoms with E-state index in [2.05, 4.69) is 16.2 Å². The van der Waals surface area contributed by atoms with E-state index in [1.165, 1.54) is 6.20 Å². The van der Waals surface area contributed by atoms with Crippen LogP contribution < -0.4 is 16.2 Å². The van der Waals surface area contributed by atoms with Gasteiger partial charge in [0.1, 0.15) is 0 Å². The van der Waals surface area contributed by atoms with Crippen molar-refractivity contribution in [3.63, 3.8) is 0 Å². The summed E-state index contributed by atoms with van der Waals surface area (Å²) in [6, 6.07) is 0.0880. The lowest BCUT2D eigenvalue weighted by atomic mass is 9.73. The third kappa shape index (κ3) is 2.04. The first-order valence-corrected chi connectivity index (χ1v) is 6.70. The highest BCUT2D eigenvalue weighted by Gasteiger charge is 2.47. The third-order valence-electron chi connectivity index (χ3n) is 4.55. The number of nitrogens with two attached hydrogens (primary N) is 1. The molecule has 2 saturated heterocycles. The predicted molar refractivity (Wildman–Crippen MR) is 71.0 cm³/mol. The van der Waals surface area contributed by atoms with Gasteiger partial charge in [-0.1, -0.05) is 0 Å². The Labute approximate surface area is 112 Å². The molecule has 1 radical (unpaired) electrons. The largest absolute Gasteiger partial charge is 0.376 e. The molecule has 3 rings (SSSR count). The van der Waals surface area contributed by atoms with Gasteiger partial charge in [-0.3, -0.25) is 4.79 Å². The summed E-state index contributed by atoms with van der Waals surface area (Å²) in [5, 5.41) is 0. The van der Waals surface area contributed by atoms with Gasteiger partial charge in [0.05, 0.1) is 25.1 Å². The Morgan fingerprint density at radius 1 is 1.58 bits per heavy atom. The molecule has 3 heterocycles. The van der Waals surface area contributed by atoms with E-state index in [-0.39, 0.29) is 23.1 Å². The lowest BCUT2D eigenvalue weighted by Crippen LogP contribution is -2.51. The second-order valence-corrected chi connectivity index (χ2v) is 5.57. The number of nitrogens with one attached hydrogen (secondary N) is 1. The van der Waals surface area contributed by atoms with Gasteiger partial charge in [0, 0.05) is 24.5 Å². The van der Waals surface area contributed by atoms with Crippen molar-refractivity contribution in [2.24, 2.45) is 11.1 Å². The monoisotopic (exact) mass is 263 g/mol. The van der Waals surface area contributed by atoms with Gasteiger partial charge in [-0.2, -0.15) is 0 Å². The Morgan fingerprint density at radius 2 is 2.32 bits per heavy atom. The number of rotatable bonds is 1.